The zero-order valence-electron chi connectivity index (χ0n) is 12.3. The van der Waals surface area contributed by atoms with Crippen molar-refractivity contribution < 1.29 is 8.42 Å². The molecular weight excluding hydrogens is 304 g/mol. The van der Waals surface area contributed by atoms with Gasteiger partial charge in [0.25, 0.3) is 15.8 Å². The molecule has 3 aliphatic rings. The minimum Gasteiger partial charge on any atom is -0.309 e. The molecule has 1 aromatic heterocycles. The number of rotatable bonds is 3. The zero-order valence-corrected chi connectivity index (χ0v) is 13.1. The van der Waals surface area contributed by atoms with Crippen molar-refractivity contribution in [2.75, 3.05) is 13.1 Å². The molecule has 1 aliphatic carbocycles. The molecule has 3 atom stereocenters. The first-order valence-electron chi connectivity index (χ1n) is 7.89. The lowest BCUT2D eigenvalue weighted by atomic mass is 10.1. The van der Waals surface area contributed by atoms with E-state index in [1.807, 2.05) is 0 Å². The Balaban J connectivity index is 1.64. The normalized spacial score (nSPS) is 32.8. The van der Waals surface area contributed by atoms with Gasteiger partial charge in [-0.3, -0.25) is 4.79 Å². The van der Waals surface area contributed by atoms with Crippen LogP contribution >= 0.6 is 0 Å². The third-order valence-corrected chi connectivity index (χ3v) is 7.23. The summed E-state index contributed by atoms with van der Waals surface area (Å²) in [6.45, 7) is 1.15. The highest BCUT2D eigenvalue weighted by Crippen LogP contribution is 2.42. The number of nitrogens with zero attached hydrogens (tertiary/aromatic N) is 3. The van der Waals surface area contributed by atoms with Gasteiger partial charge in [0.15, 0.2) is 0 Å². The van der Waals surface area contributed by atoms with E-state index in [2.05, 4.69) is 9.97 Å². The van der Waals surface area contributed by atoms with Gasteiger partial charge in [0, 0.05) is 31.4 Å². The SMILES string of the molecule is O=c1ccnc(C2CCCN2S(=O)(=O)N2CC3CCC2C3)[nH]1. The predicted octanol–water partition coefficient (Wildman–Crippen LogP) is 0.636. The highest BCUT2D eigenvalue weighted by Gasteiger charge is 2.48. The van der Waals surface area contributed by atoms with E-state index in [0.29, 0.717) is 31.3 Å². The van der Waals surface area contributed by atoms with Gasteiger partial charge in [-0.2, -0.15) is 17.0 Å². The van der Waals surface area contributed by atoms with Crippen LogP contribution in [0.5, 0.6) is 0 Å². The second kappa shape index (κ2) is 5.14. The van der Waals surface area contributed by atoms with Crippen molar-refractivity contribution in [3.8, 4) is 0 Å². The monoisotopic (exact) mass is 324 g/mol. The molecule has 2 bridgehead atoms. The lowest BCUT2D eigenvalue weighted by Gasteiger charge is -2.32. The summed E-state index contributed by atoms with van der Waals surface area (Å²) in [5.74, 6) is 0.980. The topological polar surface area (TPSA) is 86.4 Å². The number of aromatic amines is 1. The van der Waals surface area contributed by atoms with Gasteiger partial charge in [0.1, 0.15) is 5.82 Å². The Hall–Kier alpha value is -1.25. The first-order valence-corrected chi connectivity index (χ1v) is 9.29. The van der Waals surface area contributed by atoms with Crippen molar-refractivity contribution >= 4 is 10.2 Å². The summed E-state index contributed by atoms with van der Waals surface area (Å²) in [4.78, 5) is 18.4. The van der Waals surface area contributed by atoms with Crippen LogP contribution in [0.2, 0.25) is 0 Å². The van der Waals surface area contributed by atoms with Gasteiger partial charge in [0.05, 0.1) is 6.04 Å². The number of hydrogen-bond acceptors (Lipinski definition) is 4. The second-order valence-electron chi connectivity index (χ2n) is 6.50. The van der Waals surface area contributed by atoms with Gasteiger partial charge >= 0.3 is 0 Å². The minimum atomic E-state index is -3.47. The van der Waals surface area contributed by atoms with E-state index in [1.165, 1.54) is 16.6 Å². The summed E-state index contributed by atoms with van der Waals surface area (Å²) < 4.78 is 29.3. The molecule has 7 nitrogen and oxygen atoms in total. The molecule has 4 rings (SSSR count). The van der Waals surface area contributed by atoms with Crippen LogP contribution in [-0.4, -0.2) is 46.1 Å². The van der Waals surface area contributed by atoms with Crippen molar-refractivity contribution in [1.29, 1.82) is 0 Å². The Bertz CT molecular complexity index is 732. The zero-order chi connectivity index (χ0) is 15.3. The van der Waals surface area contributed by atoms with Gasteiger partial charge in [-0.05, 0) is 38.0 Å². The van der Waals surface area contributed by atoms with E-state index >= 15 is 0 Å². The van der Waals surface area contributed by atoms with Crippen LogP contribution < -0.4 is 5.56 Å². The molecule has 22 heavy (non-hydrogen) atoms. The number of aromatic nitrogens is 2. The van der Waals surface area contributed by atoms with Crippen LogP contribution in [0.4, 0.5) is 0 Å². The molecular formula is C14H20N4O3S. The fraction of sp³-hybridized carbons (Fsp3) is 0.714. The predicted molar refractivity (Wildman–Crippen MR) is 80.3 cm³/mol. The molecule has 3 fully saturated rings. The maximum Gasteiger partial charge on any atom is 0.282 e. The van der Waals surface area contributed by atoms with Gasteiger partial charge in [-0.1, -0.05) is 0 Å². The number of hydrogen-bond donors (Lipinski definition) is 1. The Morgan fingerprint density at radius 3 is 2.77 bits per heavy atom. The Morgan fingerprint density at radius 1 is 1.23 bits per heavy atom. The number of nitrogens with one attached hydrogen (secondary N) is 1. The maximum atomic E-state index is 13.0. The summed E-state index contributed by atoms with van der Waals surface area (Å²) in [6.07, 6.45) is 6.06. The van der Waals surface area contributed by atoms with Crippen LogP contribution in [0.15, 0.2) is 17.1 Å². The summed E-state index contributed by atoms with van der Waals surface area (Å²) in [5.41, 5.74) is -0.241. The van der Waals surface area contributed by atoms with Crippen LogP contribution in [-0.2, 0) is 10.2 Å². The van der Waals surface area contributed by atoms with Crippen LogP contribution in [0.1, 0.15) is 44.0 Å². The molecule has 0 aromatic carbocycles. The van der Waals surface area contributed by atoms with E-state index in [1.54, 1.807) is 4.31 Å². The molecule has 2 aliphatic heterocycles. The average Bonchev–Trinajstić information content (AvgIpc) is 3.23. The average molecular weight is 324 g/mol. The molecule has 8 heteroatoms. The van der Waals surface area contributed by atoms with E-state index < -0.39 is 10.2 Å². The molecule has 0 radical (unpaired) electrons. The van der Waals surface area contributed by atoms with Crippen molar-refractivity contribution in [2.24, 2.45) is 5.92 Å². The number of H-pyrrole nitrogens is 1. The third kappa shape index (κ3) is 2.21. The summed E-state index contributed by atoms with van der Waals surface area (Å²) >= 11 is 0. The first kappa shape index (κ1) is 14.3. The van der Waals surface area contributed by atoms with E-state index in [0.717, 1.165) is 25.7 Å². The third-order valence-electron chi connectivity index (χ3n) is 5.16. The highest BCUT2D eigenvalue weighted by molar-refractivity contribution is 7.86. The molecule has 0 spiro atoms. The van der Waals surface area contributed by atoms with Gasteiger partial charge < -0.3 is 4.98 Å². The summed E-state index contributed by atoms with van der Waals surface area (Å²) in [6, 6.07) is 1.16. The van der Waals surface area contributed by atoms with Crippen LogP contribution in [0.3, 0.4) is 0 Å². The van der Waals surface area contributed by atoms with Crippen molar-refractivity contribution in [1.82, 2.24) is 18.6 Å². The molecule has 1 saturated carbocycles. The molecule has 120 valence electrons. The van der Waals surface area contributed by atoms with Crippen molar-refractivity contribution in [3.63, 3.8) is 0 Å². The molecule has 2 saturated heterocycles. The van der Waals surface area contributed by atoms with Crippen LogP contribution in [0.25, 0.3) is 0 Å². The Labute approximate surface area is 129 Å². The van der Waals surface area contributed by atoms with E-state index in [4.69, 9.17) is 0 Å². The van der Waals surface area contributed by atoms with Gasteiger partial charge in [-0.15, -0.1) is 0 Å². The summed E-state index contributed by atoms with van der Waals surface area (Å²) in [7, 11) is -3.47. The number of piperidine rings is 1. The smallest absolute Gasteiger partial charge is 0.282 e. The highest BCUT2D eigenvalue weighted by atomic mass is 32.2. The molecule has 1 N–H and O–H groups in total. The Morgan fingerprint density at radius 2 is 2.09 bits per heavy atom. The quantitative estimate of drug-likeness (QED) is 0.884. The van der Waals surface area contributed by atoms with Crippen molar-refractivity contribution in [3.05, 3.63) is 28.4 Å². The van der Waals surface area contributed by atoms with Crippen molar-refractivity contribution in [2.45, 2.75) is 44.2 Å². The standard InChI is InChI=1S/C14H20N4O3S/c19-13-5-6-15-14(16-13)12-2-1-7-17(12)22(20,21)18-9-10-3-4-11(18)8-10/h5-6,10-12H,1-4,7-9H2,(H,15,16,19). The minimum absolute atomic E-state index is 0.166. The Kier molecular flexibility index (Phi) is 3.35. The van der Waals surface area contributed by atoms with Crippen LogP contribution in [0, 0.1) is 5.92 Å². The summed E-state index contributed by atoms with van der Waals surface area (Å²) in [5, 5.41) is 0. The number of fused-ring (bicyclic) bond motifs is 2. The molecule has 3 heterocycles. The lowest BCUT2D eigenvalue weighted by molar-refractivity contribution is 0.284. The fourth-order valence-electron chi connectivity index (χ4n) is 4.14. The maximum absolute atomic E-state index is 13.0. The van der Waals surface area contributed by atoms with E-state index in [9.17, 15) is 13.2 Å². The molecule has 3 unspecified atom stereocenters. The fourth-order valence-corrected chi connectivity index (χ4v) is 6.26. The van der Waals surface area contributed by atoms with Gasteiger partial charge in [0.2, 0.25) is 0 Å². The molecule has 0 amide bonds. The first-order chi connectivity index (χ1) is 10.6. The lowest BCUT2D eigenvalue weighted by Crippen LogP contribution is -2.47. The molecule has 1 aromatic rings. The van der Waals surface area contributed by atoms with E-state index in [-0.39, 0.29) is 17.6 Å². The largest absolute Gasteiger partial charge is 0.309 e. The second-order valence-corrected chi connectivity index (χ2v) is 8.33. The van der Waals surface area contributed by atoms with Gasteiger partial charge in [-0.25, -0.2) is 4.98 Å².